The zero-order chi connectivity index (χ0) is 18.6. The molecule has 3 N–H and O–H groups in total. The quantitative estimate of drug-likeness (QED) is 0.477. The second-order valence-electron chi connectivity index (χ2n) is 6.59. The molecule has 0 aliphatic heterocycles. The van der Waals surface area contributed by atoms with Crippen molar-refractivity contribution in [1.82, 2.24) is 20.2 Å². The fourth-order valence-corrected chi connectivity index (χ4v) is 3.23. The molecule has 6 heteroatoms. The van der Waals surface area contributed by atoms with Crippen LogP contribution in [0.2, 0.25) is 0 Å². The molecule has 27 heavy (non-hydrogen) atoms. The molecule has 6 nitrogen and oxygen atoms in total. The molecule has 0 amide bonds. The van der Waals surface area contributed by atoms with Crippen LogP contribution in [0.1, 0.15) is 16.7 Å². The summed E-state index contributed by atoms with van der Waals surface area (Å²) in [5.74, 6) is 1.20. The van der Waals surface area contributed by atoms with E-state index in [0.29, 0.717) is 11.8 Å². The standard InChI is InChI=1S/C21H22N6/c1-14-6-5-7-15(2)20(14)25-19-13-24-27-21(26-19)22-11-10-16-12-23-18-9-4-3-8-17(16)18/h3-9,12-13,23H,10-11H2,1-2H3,(H2,22,25,26,27). The number of para-hydroxylation sites is 2. The fourth-order valence-electron chi connectivity index (χ4n) is 3.23. The van der Waals surface area contributed by atoms with Gasteiger partial charge in [0.25, 0.3) is 0 Å². The van der Waals surface area contributed by atoms with E-state index in [9.17, 15) is 0 Å². The summed E-state index contributed by atoms with van der Waals surface area (Å²) in [6, 6.07) is 14.5. The number of benzene rings is 2. The molecule has 4 rings (SSSR count). The number of anilines is 3. The highest BCUT2D eigenvalue weighted by molar-refractivity contribution is 5.83. The summed E-state index contributed by atoms with van der Waals surface area (Å²) < 4.78 is 0. The van der Waals surface area contributed by atoms with Crippen molar-refractivity contribution in [2.75, 3.05) is 17.2 Å². The zero-order valence-electron chi connectivity index (χ0n) is 15.5. The highest BCUT2D eigenvalue weighted by Gasteiger charge is 2.06. The number of nitrogens with zero attached hydrogens (tertiary/aromatic N) is 3. The third-order valence-electron chi connectivity index (χ3n) is 4.65. The topological polar surface area (TPSA) is 78.5 Å². The van der Waals surface area contributed by atoms with Crippen LogP contribution >= 0.6 is 0 Å². The minimum absolute atomic E-state index is 0.520. The largest absolute Gasteiger partial charge is 0.361 e. The number of hydrogen-bond donors (Lipinski definition) is 3. The molecule has 0 spiro atoms. The van der Waals surface area contributed by atoms with Gasteiger partial charge < -0.3 is 15.6 Å². The van der Waals surface area contributed by atoms with Crippen LogP contribution in [0, 0.1) is 13.8 Å². The van der Waals surface area contributed by atoms with Gasteiger partial charge in [-0.05, 0) is 43.0 Å². The minimum Gasteiger partial charge on any atom is -0.361 e. The van der Waals surface area contributed by atoms with Gasteiger partial charge in [-0.3, -0.25) is 0 Å². The molecule has 0 unspecified atom stereocenters. The maximum Gasteiger partial charge on any atom is 0.244 e. The van der Waals surface area contributed by atoms with Gasteiger partial charge >= 0.3 is 0 Å². The van der Waals surface area contributed by atoms with Crippen molar-refractivity contribution in [2.24, 2.45) is 0 Å². The first-order chi connectivity index (χ1) is 13.2. The highest BCUT2D eigenvalue weighted by Crippen LogP contribution is 2.23. The molecule has 0 saturated carbocycles. The van der Waals surface area contributed by atoms with Crippen molar-refractivity contribution in [3.63, 3.8) is 0 Å². The SMILES string of the molecule is Cc1cccc(C)c1Nc1cnnc(NCCc2c[nH]c3ccccc23)n1. The van der Waals surface area contributed by atoms with E-state index in [-0.39, 0.29) is 0 Å². The van der Waals surface area contributed by atoms with Gasteiger partial charge in [0.15, 0.2) is 5.82 Å². The smallest absolute Gasteiger partial charge is 0.244 e. The number of H-pyrrole nitrogens is 1. The number of nitrogens with one attached hydrogen (secondary N) is 3. The van der Waals surface area contributed by atoms with Crippen molar-refractivity contribution >= 4 is 28.4 Å². The Morgan fingerprint density at radius 1 is 1.00 bits per heavy atom. The van der Waals surface area contributed by atoms with Crippen LogP contribution in [0.5, 0.6) is 0 Å². The van der Waals surface area contributed by atoms with Crippen LogP contribution in [-0.4, -0.2) is 26.7 Å². The van der Waals surface area contributed by atoms with Crippen LogP contribution in [0.25, 0.3) is 10.9 Å². The van der Waals surface area contributed by atoms with Crippen LogP contribution in [0.15, 0.2) is 54.9 Å². The van der Waals surface area contributed by atoms with Crippen LogP contribution in [0.4, 0.5) is 17.5 Å². The van der Waals surface area contributed by atoms with Gasteiger partial charge in [-0.1, -0.05) is 36.4 Å². The maximum atomic E-state index is 4.53. The van der Waals surface area contributed by atoms with Crippen molar-refractivity contribution < 1.29 is 0 Å². The van der Waals surface area contributed by atoms with Crippen molar-refractivity contribution in [3.05, 3.63) is 71.5 Å². The summed E-state index contributed by atoms with van der Waals surface area (Å²) in [6.45, 7) is 4.88. The number of aromatic nitrogens is 4. The van der Waals surface area contributed by atoms with Crippen LogP contribution in [0.3, 0.4) is 0 Å². The summed E-state index contributed by atoms with van der Waals surface area (Å²) in [5.41, 5.74) is 5.83. The monoisotopic (exact) mass is 358 g/mol. The Labute approximate surface area is 158 Å². The number of fused-ring (bicyclic) bond motifs is 1. The molecule has 0 saturated heterocycles. The first kappa shape index (κ1) is 17.0. The van der Waals surface area contributed by atoms with Crippen molar-refractivity contribution in [3.8, 4) is 0 Å². The van der Waals surface area contributed by atoms with Gasteiger partial charge in [-0.2, -0.15) is 10.1 Å². The highest BCUT2D eigenvalue weighted by atomic mass is 15.3. The van der Waals surface area contributed by atoms with Gasteiger partial charge in [0, 0.05) is 29.3 Å². The Balaban J connectivity index is 1.42. The van der Waals surface area contributed by atoms with Crippen LogP contribution < -0.4 is 10.6 Å². The third-order valence-corrected chi connectivity index (χ3v) is 4.65. The second-order valence-corrected chi connectivity index (χ2v) is 6.59. The van der Waals surface area contributed by atoms with Gasteiger partial charge in [0.05, 0.1) is 6.20 Å². The first-order valence-electron chi connectivity index (χ1n) is 9.02. The maximum absolute atomic E-state index is 4.53. The molecular weight excluding hydrogens is 336 g/mol. The van der Waals surface area contributed by atoms with E-state index in [1.54, 1.807) is 6.20 Å². The molecule has 0 atom stereocenters. The number of aryl methyl sites for hydroxylation is 2. The second kappa shape index (κ2) is 7.45. The molecule has 0 radical (unpaired) electrons. The van der Waals surface area contributed by atoms with E-state index in [4.69, 9.17) is 0 Å². The van der Waals surface area contributed by atoms with Crippen molar-refractivity contribution in [1.29, 1.82) is 0 Å². The average Bonchev–Trinajstić information content (AvgIpc) is 3.09. The third kappa shape index (κ3) is 3.74. The van der Waals surface area contributed by atoms with Crippen LogP contribution in [-0.2, 0) is 6.42 Å². The number of hydrogen-bond acceptors (Lipinski definition) is 5. The van der Waals surface area contributed by atoms with Gasteiger partial charge in [0.1, 0.15) is 0 Å². The van der Waals surface area contributed by atoms with Gasteiger partial charge in [0.2, 0.25) is 5.95 Å². The first-order valence-corrected chi connectivity index (χ1v) is 9.02. The lowest BCUT2D eigenvalue weighted by Gasteiger charge is -2.12. The molecular formula is C21H22N6. The van der Waals surface area contributed by atoms with Gasteiger partial charge in [-0.25, -0.2) is 0 Å². The molecule has 136 valence electrons. The normalized spacial score (nSPS) is 10.9. The Morgan fingerprint density at radius 3 is 2.67 bits per heavy atom. The average molecular weight is 358 g/mol. The number of rotatable bonds is 6. The minimum atomic E-state index is 0.520. The summed E-state index contributed by atoms with van der Waals surface area (Å²) in [5, 5.41) is 16.0. The Hall–Kier alpha value is -3.41. The van der Waals surface area contributed by atoms with Crippen molar-refractivity contribution in [2.45, 2.75) is 20.3 Å². The molecule has 0 aliphatic carbocycles. The molecule has 2 heterocycles. The predicted molar refractivity (Wildman–Crippen MR) is 110 cm³/mol. The van der Waals surface area contributed by atoms with E-state index < -0.39 is 0 Å². The molecule has 4 aromatic rings. The summed E-state index contributed by atoms with van der Waals surface area (Å²) in [6.07, 6.45) is 4.57. The lowest BCUT2D eigenvalue weighted by atomic mass is 10.1. The van der Waals surface area contributed by atoms with E-state index in [1.807, 2.05) is 12.1 Å². The van der Waals surface area contributed by atoms with E-state index in [1.165, 1.54) is 22.1 Å². The number of aromatic amines is 1. The molecule has 2 aromatic carbocycles. The van der Waals surface area contributed by atoms with E-state index >= 15 is 0 Å². The zero-order valence-corrected chi connectivity index (χ0v) is 15.5. The summed E-state index contributed by atoms with van der Waals surface area (Å²) >= 11 is 0. The lowest BCUT2D eigenvalue weighted by molar-refractivity contribution is 0.931. The summed E-state index contributed by atoms with van der Waals surface area (Å²) in [4.78, 5) is 7.83. The van der Waals surface area contributed by atoms with E-state index in [0.717, 1.165) is 24.2 Å². The Morgan fingerprint density at radius 2 is 1.81 bits per heavy atom. The fraction of sp³-hybridized carbons (Fsp3) is 0.190. The lowest BCUT2D eigenvalue weighted by Crippen LogP contribution is -2.10. The van der Waals surface area contributed by atoms with E-state index in [2.05, 4.69) is 81.2 Å². The molecule has 0 bridgehead atoms. The molecule has 0 aliphatic rings. The molecule has 0 fully saturated rings. The molecule has 2 aromatic heterocycles. The summed E-state index contributed by atoms with van der Waals surface area (Å²) in [7, 11) is 0. The Kier molecular flexibility index (Phi) is 4.70. The van der Waals surface area contributed by atoms with Gasteiger partial charge in [-0.15, -0.1) is 5.10 Å². The predicted octanol–water partition coefficient (Wildman–Crippen LogP) is 4.37. The Bertz CT molecular complexity index is 1050.